The SMILES string of the molecule is C=CC=CC.Cc1c(C)c(C)[c-](C)c1C.Cc1ccccc1Pc1cc2ccccc2[cH-]1.[Hf]. The largest absolute Gasteiger partial charge is 0.196 e. The van der Waals surface area contributed by atoms with E-state index >= 15 is 0 Å². The second-order valence-corrected chi connectivity index (χ2v) is 9.57. The van der Waals surface area contributed by atoms with Crippen LogP contribution in [-0.4, -0.2) is 0 Å². The van der Waals surface area contributed by atoms with E-state index in [1.54, 1.807) is 6.08 Å². The van der Waals surface area contributed by atoms with Crippen molar-refractivity contribution in [3.05, 3.63) is 119 Å². The van der Waals surface area contributed by atoms with Crippen molar-refractivity contribution >= 4 is 30.0 Å². The molecule has 0 bridgehead atoms. The van der Waals surface area contributed by atoms with Crippen molar-refractivity contribution in [2.45, 2.75) is 48.5 Å². The van der Waals surface area contributed by atoms with Gasteiger partial charge in [0.15, 0.2) is 0 Å². The molecule has 1 atom stereocenters. The molecule has 0 saturated carbocycles. The van der Waals surface area contributed by atoms with Crippen LogP contribution in [-0.2, 0) is 25.8 Å². The fraction of sp³-hybridized carbons (Fsp3) is 0.226. The zero-order chi connectivity index (χ0) is 23.7. The van der Waals surface area contributed by atoms with Crippen molar-refractivity contribution in [1.82, 2.24) is 0 Å². The summed E-state index contributed by atoms with van der Waals surface area (Å²) in [6.45, 7) is 18.6. The summed E-state index contributed by atoms with van der Waals surface area (Å²) in [5, 5.41) is 5.58. The maximum Gasteiger partial charge on any atom is 0 e. The minimum atomic E-state index is 0. The van der Waals surface area contributed by atoms with Crippen LogP contribution in [0.3, 0.4) is 0 Å². The van der Waals surface area contributed by atoms with E-state index in [4.69, 9.17) is 0 Å². The van der Waals surface area contributed by atoms with E-state index in [9.17, 15) is 0 Å². The molecule has 4 aromatic rings. The minimum Gasteiger partial charge on any atom is -0.196 e. The molecule has 0 spiro atoms. The number of benzene rings is 2. The van der Waals surface area contributed by atoms with Gasteiger partial charge in [0.1, 0.15) is 0 Å². The van der Waals surface area contributed by atoms with E-state index in [0.29, 0.717) is 0 Å². The Morgan fingerprint density at radius 2 is 1.45 bits per heavy atom. The first-order chi connectivity index (χ1) is 15.3. The first kappa shape index (κ1) is 29.2. The summed E-state index contributed by atoms with van der Waals surface area (Å²) in [5.41, 5.74) is 8.72. The van der Waals surface area contributed by atoms with Crippen LogP contribution in [0.25, 0.3) is 10.8 Å². The van der Waals surface area contributed by atoms with Crippen molar-refractivity contribution in [2.75, 3.05) is 0 Å². The molecule has 2 heteroatoms. The second-order valence-electron chi connectivity index (χ2n) is 8.20. The van der Waals surface area contributed by atoms with Gasteiger partial charge in [-0.1, -0.05) is 98.3 Å². The molecule has 0 heterocycles. The summed E-state index contributed by atoms with van der Waals surface area (Å²) >= 11 is 0. The Bertz CT molecular complexity index is 1070. The molecule has 0 aliphatic carbocycles. The maximum atomic E-state index is 3.46. The number of allylic oxidation sites excluding steroid dienone is 3. The van der Waals surface area contributed by atoms with Gasteiger partial charge in [0.25, 0.3) is 0 Å². The molecule has 172 valence electrons. The van der Waals surface area contributed by atoms with Crippen LogP contribution >= 0.6 is 8.58 Å². The molecular weight excluding hydrogens is 582 g/mol. The molecule has 0 N–H and O–H groups in total. The average molecular weight is 619 g/mol. The third kappa shape index (κ3) is 8.16. The molecule has 0 nitrogen and oxygen atoms in total. The van der Waals surface area contributed by atoms with Gasteiger partial charge in [-0.2, -0.15) is 33.9 Å². The standard InChI is InChI=1S/C16H14P.C10H15.C5H8.Hf/c1-12-6-2-5-9-16(12)17-15-10-13-7-3-4-8-14(13)11-15;1-6-7(2)9(4)10(5)8(6)3;1-3-5-4-2;/h2-11,17H,1H3;1-5H3;3-5H,1H2,2H3;/q2*-1;;. The molecule has 0 amide bonds. The van der Waals surface area contributed by atoms with Crippen LogP contribution in [0.1, 0.15) is 40.3 Å². The van der Waals surface area contributed by atoms with Gasteiger partial charge in [0, 0.05) is 25.8 Å². The number of rotatable bonds is 3. The maximum absolute atomic E-state index is 3.46. The third-order valence-corrected chi connectivity index (χ3v) is 7.59. The molecule has 0 saturated heterocycles. The zero-order valence-corrected chi connectivity index (χ0v) is 25.8. The Morgan fingerprint density at radius 1 is 0.879 bits per heavy atom. The molecule has 0 radical (unpaired) electrons. The van der Waals surface area contributed by atoms with E-state index in [2.05, 4.69) is 109 Å². The Kier molecular flexibility index (Phi) is 12.8. The normalized spacial score (nSPS) is 10.5. The van der Waals surface area contributed by atoms with Crippen molar-refractivity contribution < 1.29 is 25.8 Å². The number of aryl methyl sites for hydroxylation is 1. The predicted octanol–water partition coefficient (Wildman–Crippen LogP) is 8.19. The number of hydrogen-bond acceptors (Lipinski definition) is 0. The van der Waals surface area contributed by atoms with Gasteiger partial charge in [-0.3, -0.25) is 0 Å². The van der Waals surface area contributed by atoms with E-state index in [1.807, 2.05) is 19.1 Å². The van der Waals surface area contributed by atoms with Gasteiger partial charge >= 0.3 is 0 Å². The number of fused-ring (bicyclic) bond motifs is 1. The van der Waals surface area contributed by atoms with Crippen molar-refractivity contribution in [3.8, 4) is 0 Å². The van der Waals surface area contributed by atoms with Crippen LogP contribution in [0.5, 0.6) is 0 Å². The van der Waals surface area contributed by atoms with Gasteiger partial charge in [0.05, 0.1) is 0 Å². The fourth-order valence-electron chi connectivity index (χ4n) is 3.63. The van der Waals surface area contributed by atoms with Crippen LogP contribution in [0.15, 0.2) is 85.5 Å². The Labute approximate surface area is 222 Å². The van der Waals surface area contributed by atoms with Crippen molar-refractivity contribution in [3.63, 3.8) is 0 Å². The van der Waals surface area contributed by atoms with Crippen molar-refractivity contribution in [2.24, 2.45) is 0 Å². The summed E-state index contributed by atoms with van der Waals surface area (Å²) in [6.07, 6.45) is 5.58. The Morgan fingerprint density at radius 3 is 1.91 bits per heavy atom. The predicted molar refractivity (Wildman–Crippen MR) is 149 cm³/mol. The molecule has 0 fully saturated rings. The topological polar surface area (TPSA) is 0 Å². The summed E-state index contributed by atoms with van der Waals surface area (Å²) in [7, 11) is 0.759. The van der Waals surface area contributed by atoms with Gasteiger partial charge in [-0.05, 0) is 24.7 Å². The zero-order valence-electron chi connectivity index (χ0n) is 21.2. The van der Waals surface area contributed by atoms with Gasteiger partial charge in [-0.25, -0.2) is 0 Å². The van der Waals surface area contributed by atoms with E-state index in [1.165, 1.54) is 54.8 Å². The molecule has 4 aromatic carbocycles. The second kappa shape index (κ2) is 14.4. The first-order valence-corrected chi connectivity index (χ1v) is 12.2. The average Bonchev–Trinajstić information content (AvgIpc) is 3.28. The van der Waals surface area contributed by atoms with Gasteiger partial charge < -0.3 is 0 Å². The van der Waals surface area contributed by atoms with Gasteiger partial charge in [0.2, 0.25) is 0 Å². The van der Waals surface area contributed by atoms with Gasteiger partial charge in [-0.15, -0.1) is 40.3 Å². The molecule has 1 unspecified atom stereocenters. The molecule has 33 heavy (non-hydrogen) atoms. The van der Waals surface area contributed by atoms with E-state index in [-0.39, 0.29) is 25.8 Å². The smallest absolute Gasteiger partial charge is 0 e. The van der Waals surface area contributed by atoms with Crippen LogP contribution in [0, 0.1) is 41.5 Å². The summed E-state index contributed by atoms with van der Waals surface area (Å²) in [4.78, 5) is 0. The monoisotopic (exact) mass is 620 g/mol. The van der Waals surface area contributed by atoms with Crippen LogP contribution in [0.4, 0.5) is 0 Å². The quantitative estimate of drug-likeness (QED) is 0.0940. The van der Waals surface area contributed by atoms with E-state index < -0.39 is 0 Å². The Hall–Kier alpha value is -1.82. The number of hydrogen-bond donors (Lipinski definition) is 0. The fourth-order valence-corrected chi connectivity index (χ4v) is 4.86. The summed E-state index contributed by atoms with van der Waals surface area (Å²) < 4.78 is 0. The molecule has 0 aliphatic rings. The summed E-state index contributed by atoms with van der Waals surface area (Å²) in [6, 6.07) is 21.8. The molecule has 4 rings (SSSR count). The molecule has 0 aromatic heterocycles. The first-order valence-electron chi connectivity index (χ1n) is 11.2. The summed E-state index contributed by atoms with van der Waals surface area (Å²) in [5.74, 6) is 0. The molecular formula is C31H37HfP-2. The Balaban J connectivity index is 0.000000291. The van der Waals surface area contributed by atoms with E-state index in [0.717, 1.165) is 8.58 Å². The van der Waals surface area contributed by atoms with Crippen molar-refractivity contribution in [1.29, 1.82) is 0 Å². The molecule has 0 aliphatic heterocycles. The third-order valence-electron chi connectivity index (χ3n) is 6.18. The van der Waals surface area contributed by atoms with Crippen LogP contribution in [0.2, 0.25) is 0 Å². The van der Waals surface area contributed by atoms with Crippen LogP contribution < -0.4 is 10.6 Å². The minimum absolute atomic E-state index is 0.